The Morgan fingerprint density at radius 2 is 1.94 bits per heavy atom. The SMILES string of the molecule is CC(=O)NC(C)C(=O)N[C@@H](CC1CCC1)B(O)O. The molecule has 102 valence electrons. The Labute approximate surface area is 107 Å². The maximum absolute atomic E-state index is 11.7. The first-order valence-corrected chi connectivity index (χ1v) is 6.33. The van der Waals surface area contributed by atoms with Crippen molar-refractivity contribution in [1.29, 1.82) is 0 Å². The van der Waals surface area contributed by atoms with E-state index in [1.807, 2.05) is 0 Å². The highest BCUT2D eigenvalue weighted by Crippen LogP contribution is 2.30. The molecule has 2 atom stereocenters. The zero-order valence-electron chi connectivity index (χ0n) is 10.8. The number of nitrogens with one attached hydrogen (secondary N) is 2. The molecule has 0 aromatic rings. The van der Waals surface area contributed by atoms with E-state index in [0.29, 0.717) is 12.3 Å². The summed E-state index contributed by atoms with van der Waals surface area (Å²) in [4.78, 5) is 22.6. The molecular weight excluding hydrogens is 235 g/mol. The highest BCUT2D eigenvalue weighted by molar-refractivity contribution is 6.43. The van der Waals surface area contributed by atoms with Crippen molar-refractivity contribution in [2.75, 3.05) is 0 Å². The van der Waals surface area contributed by atoms with Crippen LogP contribution in [-0.4, -0.2) is 41.0 Å². The minimum absolute atomic E-state index is 0.294. The second-order valence-electron chi connectivity index (χ2n) is 4.98. The van der Waals surface area contributed by atoms with E-state index in [-0.39, 0.29) is 5.91 Å². The molecule has 0 aromatic heterocycles. The molecule has 7 heteroatoms. The summed E-state index contributed by atoms with van der Waals surface area (Å²) in [6.45, 7) is 2.89. The summed E-state index contributed by atoms with van der Waals surface area (Å²) in [6, 6.07) is -0.676. The van der Waals surface area contributed by atoms with Gasteiger partial charge in [0.2, 0.25) is 11.8 Å². The predicted octanol–water partition coefficient (Wildman–Crippen LogP) is -0.802. The Hall–Kier alpha value is -1.08. The lowest BCUT2D eigenvalue weighted by atomic mass is 9.70. The second-order valence-corrected chi connectivity index (χ2v) is 4.98. The molecule has 4 N–H and O–H groups in total. The van der Waals surface area contributed by atoms with Crippen molar-refractivity contribution >= 4 is 18.9 Å². The quantitative estimate of drug-likeness (QED) is 0.467. The van der Waals surface area contributed by atoms with Gasteiger partial charge in [0.05, 0.1) is 5.94 Å². The van der Waals surface area contributed by atoms with Gasteiger partial charge >= 0.3 is 7.12 Å². The Morgan fingerprint density at radius 3 is 2.33 bits per heavy atom. The summed E-state index contributed by atoms with van der Waals surface area (Å²) in [5.74, 6) is -0.910. The van der Waals surface area contributed by atoms with E-state index >= 15 is 0 Å². The molecule has 1 fully saturated rings. The molecule has 0 aliphatic heterocycles. The average Bonchev–Trinajstić information content (AvgIpc) is 2.19. The van der Waals surface area contributed by atoms with Crippen molar-refractivity contribution < 1.29 is 19.6 Å². The van der Waals surface area contributed by atoms with Crippen molar-refractivity contribution in [2.45, 2.75) is 51.5 Å². The lowest BCUT2D eigenvalue weighted by Crippen LogP contribution is -2.53. The van der Waals surface area contributed by atoms with Crippen LogP contribution in [0.3, 0.4) is 0 Å². The van der Waals surface area contributed by atoms with E-state index in [0.717, 1.165) is 19.3 Å². The van der Waals surface area contributed by atoms with Crippen LogP contribution >= 0.6 is 0 Å². The molecule has 1 unspecified atom stereocenters. The van der Waals surface area contributed by atoms with Gasteiger partial charge in [-0.25, -0.2) is 0 Å². The van der Waals surface area contributed by atoms with Crippen molar-refractivity contribution in [3.63, 3.8) is 0 Å². The summed E-state index contributed by atoms with van der Waals surface area (Å²) in [5, 5.41) is 23.5. The molecule has 0 spiro atoms. The Morgan fingerprint density at radius 1 is 1.33 bits per heavy atom. The average molecular weight is 256 g/mol. The number of carbonyl (C=O) groups is 2. The molecule has 0 bridgehead atoms. The van der Waals surface area contributed by atoms with Gasteiger partial charge in [0.15, 0.2) is 0 Å². The lowest BCUT2D eigenvalue weighted by molar-refractivity contribution is -0.128. The molecule has 1 saturated carbocycles. The Kier molecular flexibility index (Phi) is 5.62. The maximum Gasteiger partial charge on any atom is 0.475 e. The summed E-state index contributed by atoms with van der Waals surface area (Å²) in [5.41, 5.74) is 0. The third-order valence-electron chi connectivity index (χ3n) is 3.31. The number of carbonyl (C=O) groups excluding carboxylic acids is 2. The number of amides is 2. The third kappa shape index (κ3) is 4.66. The van der Waals surface area contributed by atoms with E-state index in [2.05, 4.69) is 10.6 Å². The molecule has 2 amide bonds. The van der Waals surface area contributed by atoms with Crippen LogP contribution in [0.25, 0.3) is 0 Å². The van der Waals surface area contributed by atoms with Gasteiger partial charge in [-0.1, -0.05) is 19.3 Å². The predicted molar refractivity (Wildman–Crippen MR) is 67.4 cm³/mol. The number of hydrogen-bond acceptors (Lipinski definition) is 4. The van der Waals surface area contributed by atoms with Crippen molar-refractivity contribution in [1.82, 2.24) is 10.6 Å². The summed E-state index contributed by atoms with van der Waals surface area (Å²) in [7, 11) is -1.57. The van der Waals surface area contributed by atoms with Gasteiger partial charge in [0.1, 0.15) is 6.04 Å². The fourth-order valence-corrected chi connectivity index (χ4v) is 2.02. The molecule has 0 radical (unpaired) electrons. The van der Waals surface area contributed by atoms with Gasteiger partial charge in [-0.3, -0.25) is 9.59 Å². The van der Waals surface area contributed by atoms with Gasteiger partial charge in [0.25, 0.3) is 0 Å². The van der Waals surface area contributed by atoms with E-state index < -0.39 is 25.0 Å². The van der Waals surface area contributed by atoms with Crippen molar-refractivity contribution in [2.24, 2.45) is 5.92 Å². The van der Waals surface area contributed by atoms with Crippen LogP contribution in [0.4, 0.5) is 0 Å². The van der Waals surface area contributed by atoms with Crippen molar-refractivity contribution in [3.05, 3.63) is 0 Å². The molecule has 18 heavy (non-hydrogen) atoms. The van der Waals surface area contributed by atoms with Gasteiger partial charge in [-0.15, -0.1) is 0 Å². The number of hydrogen-bond donors (Lipinski definition) is 4. The number of rotatable bonds is 6. The molecular formula is C11H21BN2O4. The van der Waals surface area contributed by atoms with Crippen LogP contribution in [0.5, 0.6) is 0 Å². The standard InChI is InChI=1S/C11H21BN2O4/c1-7(13-8(2)15)11(16)14-10(12(17)18)6-9-4-3-5-9/h7,9-10,17-18H,3-6H2,1-2H3,(H,13,15)(H,14,16)/t7?,10-/m0/s1. The summed E-state index contributed by atoms with van der Waals surface area (Å²) >= 11 is 0. The maximum atomic E-state index is 11.7. The van der Waals surface area contributed by atoms with Crippen LogP contribution in [0.15, 0.2) is 0 Å². The van der Waals surface area contributed by atoms with E-state index in [9.17, 15) is 19.6 Å². The van der Waals surface area contributed by atoms with Crippen LogP contribution in [0.1, 0.15) is 39.5 Å². The first-order chi connectivity index (χ1) is 8.40. The fraction of sp³-hybridized carbons (Fsp3) is 0.818. The Bertz CT molecular complexity index is 307. The lowest BCUT2D eigenvalue weighted by Gasteiger charge is -2.30. The molecule has 0 aromatic carbocycles. The zero-order chi connectivity index (χ0) is 13.7. The Balaban J connectivity index is 2.43. The normalized spacial score (nSPS) is 18.4. The molecule has 0 saturated heterocycles. The summed E-state index contributed by atoms with van der Waals surface area (Å²) < 4.78 is 0. The smallest absolute Gasteiger partial charge is 0.426 e. The van der Waals surface area contributed by atoms with E-state index in [4.69, 9.17) is 0 Å². The third-order valence-corrected chi connectivity index (χ3v) is 3.31. The minimum Gasteiger partial charge on any atom is -0.426 e. The minimum atomic E-state index is -1.57. The highest BCUT2D eigenvalue weighted by atomic mass is 16.4. The summed E-state index contributed by atoms with van der Waals surface area (Å²) in [6.07, 6.45) is 3.87. The van der Waals surface area contributed by atoms with Crippen LogP contribution in [0.2, 0.25) is 0 Å². The van der Waals surface area contributed by atoms with Crippen molar-refractivity contribution in [3.8, 4) is 0 Å². The van der Waals surface area contributed by atoms with Crippen LogP contribution in [0, 0.1) is 5.92 Å². The zero-order valence-corrected chi connectivity index (χ0v) is 10.8. The topological polar surface area (TPSA) is 98.7 Å². The molecule has 1 aliphatic carbocycles. The van der Waals surface area contributed by atoms with Gasteiger partial charge in [-0.2, -0.15) is 0 Å². The molecule has 0 heterocycles. The van der Waals surface area contributed by atoms with Crippen LogP contribution < -0.4 is 10.6 Å². The van der Waals surface area contributed by atoms with E-state index in [1.165, 1.54) is 6.92 Å². The monoisotopic (exact) mass is 256 g/mol. The highest BCUT2D eigenvalue weighted by Gasteiger charge is 2.31. The van der Waals surface area contributed by atoms with Gasteiger partial charge < -0.3 is 20.7 Å². The fourth-order valence-electron chi connectivity index (χ4n) is 2.02. The van der Waals surface area contributed by atoms with Crippen LogP contribution in [-0.2, 0) is 9.59 Å². The molecule has 6 nitrogen and oxygen atoms in total. The largest absolute Gasteiger partial charge is 0.475 e. The van der Waals surface area contributed by atoms with Gasteiger partial charge in [-0.05, 0) is 19.3 Å². The first-order valence-electron chi connectivity index (χ1n) is 6.33. The van der Waals surface area contributed by atoms with Gasteiger partial charge in [0, 0.05) is 6.92 Å². The second kappa shape index (κ2) is 6.75. The van der Waals surface area contributed by atoms with E-state index in [1.54, 1.807) is 6.92 Å². The molecule has 1 aliphatic rings. The molecule has 1 rings (SSSR count). The first kappa shape index (κ1) is 15.0.